The highest BCUT2D eigenvalue weighted by molar-refractivity contribution is 7.13. The van der Waals surface area contributed by atoms with Crippen molar-refractivity contribution in [1.29, 1.82) is 0 Å². The predicted molar refractivity (Wildman–Crippen MR) is 70.1 cm³/mol. The van der Waals surface area contributed by atoms with Crippen molar-refractivity contribution < 1.29 is 19.5 Å². The Morgan fingerprint density at radius 2 is 2.05 bits per heavy atom. The van der Waals surface area contributed by atoms with E-state index < -0.39 is 17.9 Å². The third kappa shape index (κ3) is 5.30. The Morgan fingerprint density at radius 1 is 1.37 bits per heavy atom. The minimum Gasteiger partial charge on any atom is -0.478 e. The van der Waals surface area contributed by atoms with Crippen molar-refractivity contribution in [3.8, 4) is 0 Å². The predicted octanol–water partition coefficient (Wildman–Crippen LogP) is 1.56. The van der Waals surface area contributed by atoms with Crippen LogP contribution in [0.5, 0.6) is 0 Å². The summed E-state index contributed by atoms with van der Waals surface area (Å²) in [6, 6.07) is -0.760. The number of carbonyl (C=O) groups excluding carboxylic acids is 2. The third-order valence-corrected chi connectivity index (χ3v) is 2.72. The molecule has 1 heterocycles. The molecule has 0 atom stereocenters. The summed E-state index contributed by atoms with van der Waals surface area (Å²) in [5.74, 6) is -1.84. The van der Waals surface area contributed by atoms with E-state index in [9.17, 15) is 14.4 Å². The Hall–Kier alpha value is -2.22. The van der Waals surface area contributed by atoms with Gasteiger partial charge in [-0.1, -0.05) is 13.8 Å². The van der Waals surface area contributed by atoms with Crippen molar-refractivity contribution in [2.45, 2.75) is 19.8 Å². The van der Waals surface area contributed by atoms with Gasteiger partial charge in [0.25, 0.3) is 5.91 Å². The molecule has 102 valence electrons. The van der Waals surface area contributed by atoms with Crippen LogP contribution in [-0.2, 0) is 9.59 Å². The zero-order chi connectivity index (χ0) is 14.4. The van der Waals surface area contributed by atoms with E-state index in [4.69, 9.17) is 5.11 Å². The molecule has 0 saturated heterocycles. The molecule has 1 aromatic rings. The minimum absolute atomic E-state index is 0.245. The van der Waals surface area contributed by atoms with E-state index in [0.717, 1.165) is 11.8 Å². The Kier molecular flexibility index (Phi) is 5.19. The van der Waals surface area contributed by atoms with Crippen LogP contribution in [0.3, 0.4) is 0 Å². The lowest BCUT2D eigenvalue weighted by atomic mass is 10.2. The van der Waals surface area contributed by atoms with Crippen molar-refractivity contribution in [2.75, 3.05) is 5.32 Å². The number of carboxylic acids is 1. The summed E-state index contributed by atoms with van der Waals surface area (Å²) in [6.07, 6.45) is 1.40. The first-order valence-electron chi connectivity index (χ1n) is 5.37. The maximum atomic E-state index is 11.4. The number of anilines is 1. The van der Waals surface area contributed by atoms with Gasteiger partial charge in [0.05, 0.1) is 5.69 Å². The van der Waals surface area contributed by atoms with Crippen LogP contribution in [0.25, 0.3) is 0 Å². The highest BCUT2D eigenvalue weighted by Gasteiger charge is 2.10. The molecule has 0 aliphatic heterocycles. The number of nitrogens with zero attached hydrogens (tertiary/aromatic N) is 1. The van der Waals surface area contributed by atoms with Gasteiger partial charge in [0.2, 0.25) is 0 Å². The van der Waals surface area contributed by atoms with Crippen LogP contribution in [0.15, 0.2) is 17.5 Å². The van der Waals surface area contributed by atoms with E-state index in [0.29, 0.717) is 11.2 Å². The molecule has 3 amide bonds. The summed E-state index contributed by atoms with van der Waals surface area (Å²) < 4.78 is 0. The molecule has 0 saturated carbocycles. The van der Waals surface area contributed by atoms with Gasteiger partial charge in [0.1, 0.15) is 0 Å². The van der Waals surface area contributed by atoms with Gasteiger partial charge in [0.15, 0.2) is 5.13 Å². The second-order valence-electron chi connectivity index (χ2n) is 3.85. The van der Waals surface area contributed by atoms with Gasteiger partial charge >= 0.3 is 12.0 Å². The molecule has 0 bridgehead atoms. The highest BCUT2D eigenvalue weighted by atomic mass is 32.1. The first-order valence-corrected chi connectivity index (χ1v) is 6.25. The number of rotatable bonds is 4. The zero-order valence-corrected chi connectivity index (χ0v) is 11.2. The third-order valence-electron chi connectivity index (χ3n) is 1.95. The van der Waals surface area contributed by atoms with Crippen LogP contribution < -0.4 is 10.6 Å². The average molecular weight is 283 g/mol. The van der Waals surface area contributed by atoms with Crippen LogP contribution in [0.1, 0.15) is 25.5 Å². The molecular formula is C11H13N3O4S. The summed E-state index contributed by atoms with van der Waals surface area (Å²) in [5, 5.41) is 14.8. The van der Waals surface area contributed by atoms with E-state index in [1.165, 1.54) is 11.3 Å². The average Bonchev–Trinajstić information content (AvgIpc) is 2.74. The lowest BCUT2D eigenvalue weighted by Crippen LogP contribution is -2.33. The van der Waals surface area contributed by atoms with Crippen LogP contribution in [0.2, 0.25) is 0 Å². The normalized spacial score (nSPS) is 10.7. The second kappa shape index (κ2) is 6.64. The van der Waals surface area contributed by atoms with Gasteiger partial charge in [-0.2, -0.15) is 0 Å². The molecule has 0 radical (unpaired) electrons. The fourth-order valence-corrected chi connectivity index (χ4v) is 1.90. The van der Waals surface area contributed by atoms with Crippen molar-refractivity contribution in [3.63, 3.8) is 0 Å². The number of aromatic nitrogens is 1. The number of thiazole rings is 1. The molecule has 8 heteroatoms. The number of carbonyl (C=O) groups is 3. The van der Waals surface area contributed by atoms with E-state index in [1.807, 2.05) is 24.5 Å². The smallest absolute Gasteiger partial charge is 0.328 e. The molecule has 0 unspecified atom stereocenters. The summed E-state index contributed by atoms with van der Waals surface area (Å²) in [5.41, 5.74) is 0.845. The summed E-state index contributed by atoms with van der Waals surface area (Å²) >= 11 is 1.25. The molecular weight excluding hydrogens is 270 g/mol. The van der Waals surface area contributed by atoms with Crippen LogP contribution in [0, 0.1) is 0 Å². The Balaban J connectivity index is 2.50. The Morgan fingerprint density at radius 3 is 2.58 bits per heavy atom. The molecule has 0 fully saturated rings. The molecule has 19 heavy (non-hydrogen) atoms. The quantitative estimate of drug-likeness (QED) is 0.726. The molecule has 1 rings (SSSR count). The molecule has 0 aromatic carbocycles. The van der Waals surface area contributed by atoms with Crippen LogP contribution in [-0.4, -0.2) is 28.0 Å². The van der Waals surface area contributed by atoms with Gasteiger partial charge in [-0.25, -0.2) is 14.6 Å². The van der Waals surface area contributed by atoms with Crippen LogP contribution >= 0.6 is 11.3 Å². The Bertz CT molecular complexity index is 522. The number of amides is 3. The van der Waals surface area contributed by atoms with E-state index in [-0.39, 0.29) is 5.92 Å². The largest absolute Gasteiger partial charge is 0.478 e. The zero-order valence-electron chi connectivity index (χ0n) is 10.3. The molecule has 3 N–H and O–H groups in total. The number of carboxylic acid groups (broad SMARTS) is 1. The molecule has 0 spiro atoms. The van der Waals surface area contributed by atoms with Crippen LogP contribution in [0.4, 0.5) is 9.93 Å². The number of nitrogens with one attached hydrogen (secondary N) is 2. The maximum Gasteiger partial charge on any atom is 0.328 e. The molecule has 0 aliphatic carbocycles. The van der Waals surface area contributed by atoms with Gasteiger partial charge in [-0.15, -0.1) is 11.3 Å². The highest BCUT2D eigenvalue weighted by Crippen LogP contribution is 2.21. The summed E-state index contributed by atoms with van der Waals surface area (Å²) in [6.45, 7) is 3.94. The fourth-order valence-electron chi connectivity index (χ4n) is 1.04. The minimum atomic E-state index is -1.27. The maximum absolute atomic E-state index is 11.4. The number of aliphatic carboxylic acids is 1. The molecule has 1 aromatic heterocycles. The standard InChI is InChI=1S/C11H13N3O4S/c1-6(2)7-5-19-11(12-7)14-10(18)13-8(15)3-4-9(16)17/h3-6H,1-2H3,(H,16,17)(H2,12,13,14,15,18)/b4-3+. The first kappa shape index (κ1) is 14.8. The van der Waals surface area contributed by atoms with Crippen molar-refractivity contribution >= 4 is 34.4 Å². The topological polar surface area (TPSA) is 108 Å². The number of hydrogen-bond acceptors (Lipinski definition) is 5. The Labute approximate surface area is 113 Å². The first-order chi connectivity index (χ1) is 8.88. The molecule has 0 aliphatic rings. The van der Waals surface area contributed by atoms with Crippen molar-refractivity contribution in [1.82, 2.24) is 10.3 Å². The number of hydrogen-bond donors (Lipinski definition) is 3. The van der Waals surface area contributed by atoms with E-state index in [2.05, 4.69) is 10.3 Å². The van der Waals surface area contributed by atoms with Gasteiger partial charge in [-0.3, -0.25) is 15.4 Å². The number of imide groups is 1. The van der Waals surface area contributed by atoms with Gasteiger partial charge < -0.3 is 5.11 Å². The monoisotopic (exact) mass is 283 g/mol. The SMILES string of the molecule is CC(C)c1csc(NC(=O)NC(=O)/C=C/C(=O)O)n1. The van der Waals surface area contributed by atoms with Gasteiger partial charge in [-0.05, 0) is 5.92 Å². The second-order valence-corrected chi connectivity index (χ2v) is 4.71. The summed E-state index contributed by atoms with van der Waals surface area (Å²) in [4.78, 5) is 36.8. The lowest BCUT2D eigenvalue weighted by Gasteiger charge is -2.01. The van der Waals surface area contributed by atoms with E-state index in [1.54, 1.807) is 0 Å². The van der Waals surface area contributed by atoms with Crippen molar-refractivity contribution in [2.24, 2.45) is 0 Å². The number of urea groups is 1. The lowest BCUT2D eigenvalue weighted by molar-refractivity contribution is -0.131. The van der Waals surface area contributed by atoms with Gasteiger partial charge in [0, 0.05) is 17.5 Å². The van der Waals surface area contributed by atoms with Crippen molar-refractivity contribution in [3.05, 3.63) is 23.2 Å². The van der Waals surface area contributed by atoms with E-state index >= 15 is 0 Å². The fraction of sp³-hybridized carbons (Fsp3) is 0.273. The molecule has 7 nitrogen and oxygen atoms in total. The summed E-state index contributed by atoms with van der Waals surface area (Å²) in [7, 11) is 0.